The molecule has 0 radical (unpaired) electrons. The van der Waals surface area contributed by atoms with Crippen LogP contribution in [0.4, 0.5) is 8.78 Å². The van der Waals surface area contributed by atoms with E-state index >= 15 is 0 Å². The van der Waals surface area contributed by atoms with E-state index in [1.54, 1.807) is 25.1 Å². The van der Waals surface area contributed by atoms with Gasteiger partial charge in [-0.15, -0.1) is 0 Å². The number of para-hydroxylation sites is 1. The van der Waals surface area contributed by atoms with Crippen LogP contribution in [0.2, 0.25) is 0 Å². The molecule has 0 fully saturated rings. The first kappa shape index (κ1) is 18.4. The minimum atomic E-state index is -2.93. The number of aliphatic carboxylic acids is 1. The fourth-order valence-electron chi connectivity index (χ4n) is 2.39. The monoisotopic (exact) mass is 353 g/mol. The molecule has 25 heavy (non-hydrogen) atoms. The predicted molar refractivity (Wildman–Crippen MR) is 83.9 cm³/mol. The summed E-state index contributed by atoms with van der Waals surface area (Å²) in [6.07, 6.45) is 1.19. The molecule has 0 saturated heterocycles. The molecule has 1 aromatic carbocycles. The number of aryl methyl sites for hydroxylation is 1. The van der Waals surface area contributed by atoms with Gasteiger partial charge in [0.1, 0.15) is 17.9 Å². The zero-order chi connectivity index (χ0) is 18.4. The molecule has 1 amide bonds. The Hall–Kier alpha value is -2.90. The lowest BCUT2D eigenvalue weighted by atomic mass is 10.1. The van der Waals surface area contributed by atoms with Gasteiger partial charge in [0.05, 0.1) is 11.8 Å². The maximum absolute atomic E-state index is 12.4. The Bertz CT molecular complexity index is 757. The number of amides is 1. The Morgan fingerprint density at radius 3 is 2.72 bits per heavy atom. The highest BCUT2D eigenvalue weighted by Crippen LogP contribution is 2.21. The number of hydrogen-bond donors (Lipinski definition) is 2. The minimum Gasteiger partial charge on any atom is -0.481 e. The summed E-state index contributed by atoms with van der Waals surface area (Å²) >= 11 is 0. The Labute approximate surface area is 142 Å². The van der Waals surface area contributed by atoms with Crippen LogP contribution in [0.5, 0.6) is 5.75 Å². The SMILES string of the molecule is Cc1coc(CC(=O)O)c1C(=O)NCCc1ccccc1OC(F)F. The van der Waals surface area contributed by atoms with Gasteiger partial charge in [0.15, 0.2) is 0 Å². The maximum atomic E-state index is 12.4. The average molecular weight is 353 g/mol. The fourth-order valence-corrected chi connectivity index (χ4v) is 2.39. The molecule has 6 nitrogen and oxygen atoms in total. The normalized spacial score (nSPS) is 10.7. The van der Waals surface area contributed by atoms with Crippen LogP contribution in [0.25, 0.3) is 0 Å². The van der Waals surface area contributed by atoms with Gasteiger partial charge in [-0.2, -0.15) is 8.78 Å². The molecule has 0 aliphatic rings. The van der Waals surface area contributed by atoms with E-state index in [-0.39, 0.29) is 30.0 Å². The van der Waals surface area contributed by atoms with E-state index in [1.807, 2.05) is 0 Å². The average Bonchev–Trinajstić information content (AvgIpc) is 2.88. The number of carbonyl (C=O) groups is 2. The summed E-state index contributed by atoms with van der Waals surface area (Å²) in [4.78, 5) is 23.1. The molecule has 0 saturated carbocycles. The van der Waals surface area contributed by atoms with Gasteiger partial charge >= 0.3 is 12.6 Å². The molecule has 0 aliphatic heterocycles. The summed E-state index contributed by atoms with van der Waals surface area (Å²) in [6, 6.07) is 6.31. The highest BCUT2D eigenvalue weighted by molar-refractivity contribution is 5.97. The Kier molecular flexibility index (Phi) is 6.10. The Morgan fingerprint density at radius 1 is 1.32 bits per heavy atom. The first-order valence-electron chi connectivity index (χ1n) is 7.48. The van der Waals surface area contributed by atoms with Crippen molar-refractivity contribution in [1.29, 1.82) is 0 Å². The number of carboxylic acid groups (broad SMARTS) is 1. The van der Waals surface area contributed by atoms with Crippen LogP contribution in [0, 0.1) is 6.92 Å². The lowest BCUT2D eigenvalue weighted by Crippen LogP contribution is -2.27. The minimum absolute atomic E-state index is 0.0535. The van der Waals surface area contributed by atoms with E-state index in [2.05, 4.69) is 10.1 Å². The number of rotatable bonds is 8. The van der Waals surface area contributed by atoms with Crippen LogP contribution in [0.3, 0.4) is 0 Å². The van der Waals surface area contributed by atoms with E-state index in [4.69, 9.17) is 9.52 Å². The summed E-state index contributed by atoms with van der Waals surface area (Å²) < 4.78 is 34.3. The van der Waals surface area contributed by atoms with E-state index in [9.17, 15) is 18.4 Å². The molecule has 1 heterocycles. The molecule has 2 aromatic rings. The number of hydrogen-bond acceptors (Lipinski definition) is 4. The highest BCUT2D eigenvalue weighted by Gasteiger charge is 2.20. The summed E-state index contributed by atoms with van der Waals surface area (Å²) in [7, 11) is 0. The molecule has 0 atom stereocenters. The summed E-state index contributed by atoms with van der Waals surface area (Å²) in [5.74, 6) is -1.46. The van der Waals surface area contributed by atoms with Crippen molar-refractivity contribution in [2.24, 2.45) is 0 Å². The van der Waals surface area contributed by atoms with Gasteiger partial charge in [0, 0.05) is 12.1 Å². The van der Waals surface area contributed by atoms with Crippen LogP contribution in [0.15, 0.2) is 34.9 Å². The van der Waals surface area contributed by atoms with Gasteiger partial charge in [0.2, 0.25) is 0 Å². The molecule has 2 rings (SSSR count). The molecule has 134 valence electrons. The number of carboxylic acids is 1. The van der Waals surface area contributed by atoms with Gasteiger partial charge < -0.3 is 19.6 Å². The topological polar surface area (TPSA) is 88.8 Å². The molecular weight excluding hydrogens is 336 g/mol. The van der Waals surface area contributed by atoms with Crippen LogP contribution in [-0.2, 0) is 17.6 Å². The summed E-state index contributed by atoms with van der Waals surface area (Å²) in [5, 5.41) is 11.5. The Balaban J connectivity index is 2.00. The van der Waals surface area contributed by atoms with Crippen LogP contribution in [-0.4, -0.2) is 30.1 Å². The zero-order valence-corrected chi connectivity index (χ0v) is 13.4. The van der Waals surface area contributed by atoms with Crippen molar-refractivity contribution in [1.82, 2.24) is 5.32 Å². The van der Waals surface area contributed by atoms with E-state index in [0.717, 1.165) is 0 Å². The second kappa shape index (κ2) is 8.27. The molecule has 0 aliphatic carbocycles. The van der Waals surface area contributed by atoms with Crippen molar-refractivity contribution in [2.45, 2.75) is 26.4 Å². The third-order valence-electron chi connectivity index (χ3n) is 3.46. The van der Waals surface area contributed by atoms with Gasteiger partial charge in [-0.05, 0) is 25.0 Å². The first-order valence-corrected chi connectivity index (χ1v) is 7.48. The highest BCUT2D eigenvalue weighted by atomic mass is 19.3. The predicted octanol–water partition coefficient (Wildman–Crippen LogP) is 2.79. The molecule has 8 heteroatoms. The molecular formula is C17H17F2NO5. The van der Waals surface area contributed by atoms with E-state index in [1.165, 1.54) is 12.3 Å². The van der Waals surface area contributed by atoms with Crippen molar-refractivity contribution in [2.75, 3.05) is 6.54 Å². The summed E-state index contributed by atoms with van der Waals surface area (Å²) in [6.45, 7) is -1.13. The number of halogens is 2. The standard InChI is InChI=1S/C17H17F2NO5/c1-10-9-24-13(8-14(21)22)15(10)16(23)20-7-6-11-4-2-3-5-12(11)25-17(18)19/h2-5,9,17H,6-8H2,1H3,(H,20,23)(H,21,22). The summed E-state index contributed by atoms with van der Waals surface area (Å²) in [5.41, 5.74) is 1.23. The molecule has 1 aromatic heterocycles. The van der Waals surface area contributed by atoms with E-state index in [0.29, 0.717) is 11.1 Å². The first-order chi connectivity index (χ1) is 11.9. The lowest BCUT2D eigenvalue weighted by molar-refractivity contribution is -0.136. The number of ether oxygens (including phenoxy) is 1. The third kappa shape index (κ3) is 5.03. The number of nitrogens with one attached hydrogen (secondary N) is 1. The smallest absolute Gasteiger partial charge is 0.387 e. The maximum Gasteiger partial charge on any atom is 0.387 e. The van der Waals surface area contributed by atoms with Crippen molar-refractivity contribution < 1.29 is 32.6 Å². The van der Waals surface area contributed by atoms with Crippen LogP contribution < -0.4 is 10.1 Å². The second-order valence-corrected chi connectivity index (χ2v) is 5.28. The van der Waals surface area contributed by atoms with E-state index < -0.39 is 24.9 Å². The lowest BCUT2D eigenvalue weighted by Gasteiger charge is -2.11. The second-order valence-electron chi connectivity index (χ2n) is 5.28. The number of benzene rings is 1. The van der Waals surface area contributed by atoms with Crippen molar-refractivity contribution >= 4 is 11.9 Å². The van der Waals surface area contributed by atoms with Crippen LogP contribution >= 0.6 is 0 Å². The zero-order valence-electron chi connectivity index (χ0n) is 13.4. The van der Waals surface area contributed by atoms with Gasteiger partial charge in [0.25, 0.3) is 5.91 Å². The van der Waals surface area contributed by atoms with Crippen molar-refractivity contribution in [3.63, 3.8) is 0 Å². The van der Waals surface area contributed by atoms with Crippen molar-refractivity contribution in [3.05, 3.63) is 53.0 Å². The number of alkyl halides is 2. The van der Waals surface area contributed by atoms with Crippen molar-refractivity contribution in [3.8, 4) is 5.75 Å². The third-order valence-corrected chi connectivity index (χ3v) is 3.46. The molecule has 0 bridgehead atoms. The number of furan rings is 1. The molecule has 0 spiro atoms. The number of carbonyl (C=O) groups excluding carboxylic acids is 1. The molecule has 0 unspecified atom stereocenters. The molecule has 2 N–H and O–H groups in total. The fraction of sp³-hybridized carbons (Fsp3) is 0.294. The van der Waals surface area contributed by atoms with Crippen LogP contribution in [0.1, 0.15) is 27.2 Å². The Morgan fingerprint density at radius 2 is 2.04 bits per heavy atom. The van der Waals surface area contributed by atoms with Gasteiger partial charge in [-0.3, -0.25) is 9.59 Å². The van der Waals surface area contributed by atoms with Gasteiger partial charge in [-0.1, -0.05) is 18.2 Å². The van der Waals surface area contributed by atoms with Gasteiger partial charge in [-0.25, -0.2) is 0 Å². The largest absolute Gasteiger partial charge is 0.481 e. The quantitative estimate of drug-likeness (QED) is 0.762.